The molecule has 0 unspecified atom stereocenters. The van der Waals surface area contributed by atoms with Gasteiger partial charge in [-0.1, -0.05) is 18.5 Å². The Morgan fingerprint density at radius 2 is 2.20 bits per heavy atom. The smallest absolute Gasteiger partial charge is 0.336 e. The van der Waals surface area contributed by atoms with Crippen LogP contribution in [0.5, 0.6) is 0 Å². The zero-order valence-electron chi connectivity index (χ0n) is 7.86. The van der Waals surface area contributed by atoms with Gasteiger partial charge in [0.15, 0.2) is 0 Å². The Hall–Kier alpha value is -1.62. The summed E-state index contributed by atoms with van der Waals surface area (Å²) in [5.74, 6) is -1.19. The molecule has 0 radical (unpaired) electrons. The lowest BCUT2D eigenvalue weighted by Gasteiger charge is -2.05. The molecule has 0 heterocycles. The van der Waals surface area contributed by atoms with Crippen LogP contribution < -0.4 is 0 Å². The van der Waals surface area contributed by atoms with Crippen LogP contribution in [0.2, 0.25) is 5.02 Å². The van der Waals surface area contributed by atoms with Crippen LogP contribution >= 0.6 is 11.6 Å². The molecule has 0 aromatic heterocycles. The van der Waals surface area contributed by atoms with Gasteiger partial charge in [-0.15, -0.1) is 0 Å². The van der Waals surface area contributed by atoms with Crippen molar-refractivity contribution in [2.24, 2.45) is 0 Å². The van der Waals surface area contributed by atoms with Gasteiger partial charge in [-0.25, -0.2) is 4.79 Å². The van der Waals surface area contributed by atoms with Gasteiger partial charge in [0.1, 0.15) is 5.02 Å². The summed E-state index contributed by atoms with van der Waals surface area (Å²) in [6, 6.07) is 2.50. The molecule has 0 aliphatic heterocycles. The summed E-state index contributed by atoms with van der Waals surface area (Å²) in [6.07, 6.45) is 0.249. The van der Waals surface area contributed by atoms with Crippen molar-refractivity contribution < 1.29 is 14.8 Å². The first kappa shape index (κ1) is 11.5. The lowest BCUT2D eigenvalue weighted by Crippen LogP contribution is -2.05. The molecule has 0 saturated heterocycles. The molecular weight excluding hydrogens is 222 g/mol. The summed E-state index contributed by atoms with van der Waals surface area (Å²) in [4.78, 5) is 20.8. The normalized spacial score (nSPS) is 10.0. The third kappa shape index (κ3) is 2.07. The molecule has 15 heavy (non-hydrogen) atoms. The fraction of sp³-hybridized carbons (Fsp3) is 0.222. The number of carboxylic acid groups (broad SMARTS) is 1. The van der Waals surface area contributed by atoms with Crippen molar-refractivity contribution in [3.05, 3.63) is 38.4 Å². The van der Waals surface area contributed by atoms with Crippen molar-refractivity contribution in [3.63, 3.8) is 0 Å². The largest absolute Gasteiger partial charge is 0.478 e. The summed E-state index contributed by atoms with van der Waals surface area (Å²) in [5, 5.41) is 19.5. The highest BCUT2D eigenvalue weighted by molar-refractivity contribution is 6.33. The number of nitrogens with zero attached hydrogens (tertiary/aromatic N) is 1. The second-order valence-electron chi connectivity index (χ2n) is 2.84. The minimum atomic E-state index is -1.19. The predicted molar refractivity (Wildman–Crippen MR) is 54.4 cm³/mol. The predicted octanol–water partition coefficient (Wildman–Crippen LogP) is 2.51. The van der Waals surface area contributed by atoms with E-state index in [4.69, 9.17) is 16.7 Å². The van der Waals surface area contributed by atoms with E-state index in [9.17, 15) is 14.9 Å². The van der Waals surface area contributed by atoms with Crippen LogP contribution in [0.4, 0.5) is 5.69 Å². The number of aromatic carboxylic acids is 1. The van der Waals surface area contributed by atoms with E-state index in [2.05, 4.69) is 0 Å². The van der Waals surface area contributed by atoms with Gasteiger partial charge in [0.2, 0.25) is 0 Å². The van der Waals surface area contributed by atoms with Crippen molar-refractivity contribution in [1.29, 1.82) is 0 Å². The van der Waals surface area contributed by atoms with Crippen LogP contribution in [-0.2, 0) is 6.42 Å². The molecule has 5 nitrogen and oxygen atoms in total. The fourth-order valence-corrected chi connectivity index (χ4v) is 1.61. The van der Waals surface area contributed by atoms with Crippen molar-refractivity contribution in [2.75, 3.05) is 0 Å². The molecule has 1 rings (SSSR count). The van der Waals surface area contributed by atoms with Crippen molar-refractivity contribution in [1.82, 2.24) is 0 Å². The Morgan fingerprint density at radius 3 is 2.60 bits per heavy atom. The minimum Gasteiger partial charge on any atom is -0.478 e. The van der Waals surface area contributed by atoms with Gasteiger partial charge in [-0.3, -0.25) is 10.1 Å². The highest BCUT2D eigenvalue weighted by Gasteiger charge is 2.23. The molecule has 0 fully saturated rings. The first-order valence-corrected chi connectivity index (χ1v) is 4.55. The number of benzene rings is 1. The van der Waals surface area contributed by atoms with Gasteiger partial charge in [0.05, 0.1) is 10.5 Å². The van der Waals surface area contributed by atoms with Crippen molar-refractivity contribution in [3.8, 4) is 0 Å². The van der Waals surface area contributed by atoms with Gasteiger partial charge >= 0.3 is 5.97 Å². The number of hydrogen-bond donors (Lipinski definition) is 1. The molecule has 0 spiro atoms. The molecule has 1 aromatic rings. The van der Waals surface area contributed by atoms with Gasteiger partial charge in [-0.2, -0.15) is 0 Å². The maximum absolute atomic E-state index is 10.8. The first-order valence-electron chi connectivity index (χ1n) is 4.18. The average molecular weight is 230 g/mol. The zero-order valence-corrected chi connectivity index (χ0v) is 8.61. The standard InChI is InChI=1S/C9H8ClNO4/c1-2-5-6(9(12)13)3-4-7(10)8(5)11(14)15/h3-4H,2H2,1H3,(H,12,13). The van der Waals surface area contributed by atoms with E-state index in [-0.39, 0.29) is 28.3 Å². The van der Waals surface area contributed by atoms with Crippen LogP contribution in [0.1, 0.15) is 22.8 Å². The van der Waals surface area contributed by atoms with E-state index < -0.39 is 10.9 Å². The lowest BCUT2D eigenvalue weighted by atomic mass is 10.0. The molecular formula is C9H8ClNO4. The number of nitro benzene ring substituents is 1. The number of rotatable bonds is 3. The van der Waals surface area contributed by atoms with Crippen LogP contribution in [0, 0.1) is 10.1 Å². The Labute approximate surface area is 90.4 Å². The molecule has 0 atom stereocenters. The maximum atomic E-state index is 10.8. The van der Waals surface area contributed by atoms with Crippen LogP contribution in [0.15, 0.2) is 12.1 Å². The Kier molecular flexibility index (Phi) is 3.26. The van der Waals surface area contributed by atoms with Crippen molar-refractivity contribution in [2.45, 2.75) is 13.3 Å². The van der Waals surface area contributed by atoms with E-state index in [1.807, 2.05) is 0 Å². The first-order chi connectivity index (χ1) is 6.99. The van der Waals surface area contributed by atoms with Gasteiger partial charge in [0, 0.05) is 5.56 Å². The average Bonchev–Trinajstić information content (AvgIpc) is 2.15. The van der Waals surface area contributed by atoms with Crippen LogP contribution in [0.25, 0.3) is 0 Å². The minimum absolute atomic E-state index is 0.0400. The molecule has 0 aliphatic carbocycles. The van der Waals surface area contributed by atoms with Gasteiger partial charge in [-0.05, 0) is 18.6 Å². The molecule has 1 N–H and O–H groups in total. The lowest BCUT2D eigenvalue weighted by molar-refractivity contribution is -0.385. The quantitative estimate of drug-likeness (QED) is 0.638. The molecule has 80 valence electrons. The van der Waals surface area contributed by atoms with Gasteiger partial charge < -0.3 is 5.11 Å². The van der Waals surface area contributed by atoms with E-state index in [1.165, 1.54) is 12.1 Å². The van der Waals surface area contributed by atoms with Crippen LogP contribution in [0.3, 0.4) is 0 Å². The number of carboxylic acids is 1. The number of halogens is 1. The molecule has 0 aliphatic rings. The monoisotopic (exact) mass is 229 g/mol. The molecule has 1 aromatic carbocycles. The maximum Gasteiger partial charge on any atom is 0.336 e. The second-order valence-corrected chi connectivity index (χ2v) is 3.25. The Balaban J connectivity index is 3.54. The second kappa shape index (κ2) is 4.27. The van der Waals surface area contributed by atoms with Crippen molar-refractivity contribution >= 4 is 23.3 Å². The molecule has 0 amide bonds. The number of carbonyl (C=O) groups is 1. The fourth-order valence-electron chi connectivity index (χ4n) is 1.36. The van der Waals surface area contributed by atoms with E-state index in [0.717, 1.165) is 0 Å². The summed E-state index contributed by atoms with van der Waals surface area (Å²) in [6.45, 7) is 1.64. The highest BCUT2D eigenvalue weighted by atomic mass is 35.5. The molecule has 6 heteroatoms. The Bertz CT molecular complexity index is 430. The molecule has 0 saturated carbocycles. The van der Waals surface area contributed by atoms with E-state index >= 15 is 0 Å². The summed E-state index contributed by atoms with van der Waals surface area (Å²) in [5.41, 5.74) is -0.243. The summed E-state index contributed by atoms with van der Waals surface area (Å²) in [7, 11) is 0. The number of nitro groups is 1. The van der Waals surface area contributed by atoms with Gasteiger partial charge in [0.25, 0.3) is 5.69 Å². The summed E-state index contributed by atoms with van der Waals surface area (Å²) < 4.78 is 0. The zero-order chi connectivity index (χ0) is 11.6. The Morgan fingerprint density at radius 1 is 1.60 bits per heavy atom. The SMILES string of the molecule is CCc1c(C(=O)O)ccc(Cl)c1[N+](=O)[O-]. The topological polar surface area (TPSA) is 80.4 Å². The summed E-state index contributed by atoms with van der Waals surface area (Å²) >= 11 is 5.65. The van der Waals surface area contributed by atoms with E-state index in [1.54, 1.807) is 6.92 Å². The third-order valence-corrected chi connectivity index (χ3v) is 2.31. The highest BCUT2D eigenvalue weighted by Crippen LogP contribution is 2.31. The van der Waals surface area contributed by atoms with E-state index in [0.29, 0.717) is 0 Å². The third-order valence-electron chi connectivity index (χ3n) is 2.00. The number of hydrogen-bond acceptors (Lipinski definition) is 3. The van der Waals surface area contributed by atoms with Crippen LogP contribution in [-0.4, -0.2) is 16.0 Å². The molecule has 0 bridgehead atoms.